The molecule has 0 fully saturated rings. The van der Waals surface area contributed by atoms with E-state index in [-0.39, 0.29) is 18.8 Å². The van der Waals surface area contributed by atoms with Gasteiger partial charge in [0.2, 0.25) is 10.0 Å². The second kappa shape index (κ2) is 6.12. The van der Waals surface area contributed by atoms with Gasteiger partial charge in [0, 0.05) is 18.8 Å². The maximum Gasteiger partial charge on any atom is 0.246 e. The van der Waals surface area contributed by atoms with Gasteiger partial charge in [0.05, 0.1) is 0 Å². The maximum absolute atomic E-state index is 13.7. The van der Waals surface area contributed by atoms with Crippen LogP contribution in [0.5, 0.6) is 0 Å². The molecular weight excluding hydrogens is 274 g/mol. The summed E-state index contributed by atoms with van der Waals surface area (Å²) in [4.78, 5) is -0.750. The van der Waals surface area contributed by atoms with E-state index in [0.717, 1.165) is 16.4 Å². The lowest BCUT2D eigenvalue weighted by atomic mass is 10.3. The van der Waals surface area contributed by atoms with E-state index in [1.165, 1.54) is 6.08 Å². The van der Waals surface area contributed by atoms with Gasteiger partial charge in [0.1, 0.15) is 4.90 Å². The third kappa shape index (κ3) is 3.30. The van der Waals surface area contributed by atoms with Gasteiger partial charge in [-0.15, -0.1) is 6.58 Å². The van der Waals surface area contributed by atoms with Gasteiger partial charge in [-0.25, -0.2) is 17.2 Å². The second-order valence-electron chi connectivity index (χ2n) is 3.97. The molecule has 0 aliphatic heterocycles. The number of halogens is 2. The first-order chi connectivity index (χ1) is 8.84. The molecule has 0 amide bonds. The molecule has 1 aromatic carbocycles. The van der Waals surface area contributed by atoms with Crippen molar-refractivity contribution in [3.05, 3.63) is 36.4 Å². The Morgan fingerprint density at radius 3 is 2.58 bits per heavy atom. The molecule has 0 aromatic heterocycles. The van der Waals surface area contributed by atoms with Gasteiger partial charge in [-0.05, 0) is 18.6 Å². The molecule has 1 rings (SSSR count). The fraction of sp³-hybridized carbons (Fsp3) is 0.333. The van der Waals surface area contributed by atoms with Crippen LogP contribution in [0.15, 0.2) is 29.7 Å². The van der Waals surface area contributed by atoms with Gasteiger partial charge in [-0.1, -0.05) is 13.0 Å². The molecule has 2 N–H and O–H groups in total. The summed E-state index contributed by atoms with van der Waals surface area (Å²) in [5.74, 6) is -2.70. The number of anilines is 1. The summed E-state index contributed by atoms with van der Waals surface area (Å²) in [6.07, 6.45) is 1.92. The number of hydrogen-bond donors (Lipinski definition) is 1. The highest BCUT2D eigenvalue weighted by Crippen LogP contribution is 2.24. The SMILES string of the molecule is C=CCN(CCC)S(=O)(=O)c1cc(N)cc(F)c1F. The van der Waals surface area contributed by atoms with Gasteiger partial charge in [0.25, 0.3) is 0 Å². The number of nitrogens with two attached hydrogens (primary N) is 1. The van der Waals surface area contributed by atoms with Crippen molar-refractivity contribution >= 4 is 15.7 Å². The molecule has 106 valence electrons. The van der Waals surface area contributed by atoms with E-state index < -0.39 is 26.6 Å². The summed E-state index contributed by atoms with van der Waals surface area (Å²) in [6.45, 7) is 5.43. The summed E-state index contributed by atoms with van der Waals surface area (Å²) in [6, 6.07) is 1.66. The van der Waals surface area contributed by atoms with Crippen LogP contribution < -0.4 is 5.73 Å². The molecule has 0 saturated heterocycles. The average Bonchev–Trinajstić information content (AvgIpc) is 2.33. The monoisotopic (exact) mass is 290 g/mol. The van der Waals surface area contributed by atoms with E-state index in [9.17, 15) is 17.2 Å². The highest BCUT2D eigenvalue weighted by Gasteiger charge is 2.28. The Morgan fingerprint density at radius 2 is 2.05 bits per heavy atom. The number of sulfonamides is 1. The summed E-state index contributed by atoms with van der Waals surface area (Å²) in [5, 5.41) is 0. The van der Waals surface area contributed by atoms with Crippen molar-refractivity contribution in [3.8, 4) is 0 Å². The fourth-order valence-corrected chi connectivity index (χ4v) is 3.23. The highest BCUT2D eigenvalue weighted by molar-refractivity contribution is 7.89. The first-order valence-electron chi connectivity index (χ1n) is 5.70. The maximum atomic E-state index is 13.7. The van der Waals surface area contributed by atoms with Crippen molar-refractivity contribution < 1.29 is 17.2 Å². The minimum atomic E-state index is -4.13. The Kier molecular flexibility index (Phi) is 5.02. The third-order valence-electron chi connectivity index (χ3n) is 2.44. The van der Waals surface area contributed by atoms with E-state index in [4.69, 9.17) is 5.73 Å². The van der Waals surface area contributed by atoms with Crippen LogP contribution in [0.3, 0.4) is 0 Å². The minimum Gasteiger partial charge on any atom is -0.399 e. The van der Waals surface area contributed by atoms with Crippen LogP contribution in [0.1, 0.15) is 13.3 Å². The normalized spacial score (nSPS) is 11.8. The largest absolute Gasteiger partial charge is 0.399 e. The molecule has 1 aromatic rings. The number of nitrogens with zero attached hydrogens (tertiary/aromatic N) is 1. The van der Waals surface area contributed by atoms with E-state index in [1.54, 1.807) is 6.92 Å². The van der Waals surface area contributed by atoms with Crippen molar-refractivity contribution in [2.75, 3.05) is 18.8 Å². The van der Waals surface area contributed by atoms with E-state index in [0.29, 0.717) is 6.42 Å². The van der Waals surface area contributed by atoms with Crippen LogP contribution in [-0.4, -0.2) is 25.8 Å². The Bertz CT molecular complexity index is 573. The molecule has 0 aliphatic rings. The summed E-state index contributed by atoms with van der Waals surface area (Å²) in [5.41, 5.74) is 5.22. The molecule has 0 atom stereocenters. The quantitative estimate of drug-likeness (QED) is 0.645. The fourth-order valence-electron chi connectivity index (χ4n) is 1.61. The zero-order valence-electron chi connectivity index (χ0n) is 10.6. The highest BCUT2D eigenvalue weighted by atomic mass is 32.2. The zero-order chi connectivity index (χ0) is 14.6. The van der Waals surface area contributed by atoms with Crippen molar-refractivity contribution in [2.24, 2.45) is 0 Å². The number of hydrogen-bond acceptors (Lipinski definition) is 3. The smallest absolute Gasteiger partial charge is 0.246 e. The minimum absolute atomic E-state index is 0.0199. The topological polar surface area (TPSA) is 63.4 Å². The van der Waals surface area contributed by atoms with Gasteiger partial charge in [-0.2, -0.15) is 4.31 Å². The molecule has 0 radical (unpaired) electrons. The van der Waals surface area contributed by atoms with Crippen molar-refractivity contribution in [1.29, 1.82) is 0 Å². The van der Waals surface area contributed by atoms with Crippen molar-refractivity contribution in [1.82, 2.24) is 4.31 Å². The van der Waals surface area contributed by atoms with Gasteiger partial charge in [-0.3, -0.25) is 0 Å². The summed E-state index contributed by atoms with van der Waals surface area (Å²) >= 11 is 0. The molecule has 7 heteroatoms. The van der Waals surface area contributed by atoms with Crippen LogP contribution in [0.25, 0.3) is 0 Å². The lowest BCUT2D eigenvalue weighted by molar-refractivity contribution is 0.429. The molecule has 0 spiro atoms. The van der Waals surface area contributed by atoms with E-state index in [1.807, 2.05) is 0 Å². The molecule has 4 nitrogen and oxygen atoms in total. The van der Waals surface area contributed by atoms with Crippen molar-refractivity contribution in [3.63, 3.8) is 0 Å². The molecule has 0 bridgehead atoms. The van der Waals surface area contributed by atoms with Crippen LogP contribution in [0.4, 0.5) is 14.5 Å². The van der Waals surface area contributed by atoms with E-state index in [2.05, 4.69) is 6.58 Å². The second-order valence-corrected chi connectivity index (χ2v) is 5.87. The van der Waals surface area contributed by atoms with Gasteiger partial charge >= 0.3 is 0 Å². The van der Waals surface area contributed by atoms with Crippen LogP contribution >= 0.6 is 0 Å². The number of rotatable bonds is 6. The molecular formula is C12H16F2N2O2S. The molecule has 0 heterocycles. The number of benzene rings is 1. The van der Waals surface area contributed by atoms with E-state index >= 15 is 0 Å². The zero-order valence-corrected chi connectivity index (χ0v) is 11.4. The van der Waals surface area contributed by atoms with Crippen molar-refractivity contribution in [2.45, 2.75) is 18.2 Å². The average molecular weight is 290 g/mol. The Labute approximate surface area is 111 Å². The molecule has 0 saturated carbocycles. The molecule has 0 aliphatic carbocycles. The van der Waals surface area contributed by atoms with Crippen LogP contribution in [-0.2, 0) is 10.0 Å². The lowest BCUT2D eigenvalue weighted by Crippen LogP contribution is -2.32. The predicted molar refractivity (Wildman–Crippen MR) is 70.0 cm³/mol. The predicted octanol–water partition coefficient (Wildman–Crippen LogP) is 2.13. The summed E-state index contributed by atoms with van der Waals surface area (Å²) in [7, 11) is -4.13. The summed E-state index contributed by atoms with van der Waals surface area (Å²) < 4.78 is 52.4. The standard InChI is InChI=1S/C12H16F2N2O2S/c1-3-5-16(6-4-2)19(17,18)11-8-9(15)7-10(13)12(11)14/h3,7-8H,1,4-6,15H2,2H3. The number of nitrogen functional groups attached to an aromatic ring is 1. The Hall–Kier alpha value is -1.47. The van der Waals surface area contributed by atoms with Crippen LogP contribution in [0.2, 0.25) is 0 Å². The van der Waals surface area contributed by atoms with Crippen LogP contribution in [0, 0.1) is 11.6 Å². The first-order valence-corrected chi connectivity index (χ1v) is 7.14. The lowest BCUT2D eigenvalue weighted by Gasteiger charge is -2.20. The Balaban J connectivity index is 3.36. The van der Waals surface area contributed by atoms with Gasteiger partial charge in [0.15, 0.2) is 11.6 Å². The molecule has 19 heavy (non-hydrogen) atoms. The molecule has 0 unspecified atom stereocenters. The Morgan fingerprint density at radius 1 is 1.42 bits per heavy atom. The third-order valence-corrected chi connectivity index (χ3v) is 4.31. The first kappa shape index (κ1) is 15.6. The van der Waals surface area contributed by atoms with Gasteiger partial charge < -0.3 is 5.73 Å².